The van der Waals surface area contributed by atoms with Crippen molar-refractivity contribution in [2.75, 3.05) is 16.3 Å². The molecule has 0 saturated carbocycles. The minimum atomic E-state index is -1.07. The number of rotatable bonds is 5. The summed E-state index contributed by atoms with van der Waals surface area (Å²) in [7, 11) is 0. The fourth-order valence-electron chi connectivity index (χ4n) is 2.99. The fraction of sp³-hybridized carbons (Fsp3) is 0.333. The Morgan fingerprint density at radius 2 is 2.00 bits per heavy atom. The number of hydrogen-bond donors (Lipinski definition) is 1. The smallest absolute Gasteiger partial charge is 0.414 e. The van der Waals surface area contributed by atoms with Crippen LogP contribution in [0.1, 0.15) is 26.3 Å². The van der Waals surface area contributed by atoms with Gasteiger partial charge >= 0.3 is 6.09 Å². The summed E-state index contributed by atoms with van der Waals surface area (Å²) in [4.78, 5) is 19.4. The lowest BCUT2D eigenvalue weighted by molar-refractivity contribution is 0.199. The number of anilines is 3. The van der Waals surface area contributed by atoms with Gasteiger partial charge in [-0.05, 0) is 39.3 Å². The zero-order chi connectivity index (χ0) is 18.8. The maximum absolute atomic E-state index is 11.6. The average Bonchev–Trinajstić information content (AvgIpc) is 3.01. The molecule has 0 saturated heterocycles. The number of carbonyl (C=O) groups is 1. The molecule has 0 aliphatic rings. The molecule has 8 heteroatoms. The van der Waals surface area contributed by atoms with Crippen LogP contribution >= 0.6 is 0 Å². The first-order valence-electron chi connectivity index (χ1n) is 8.50. The zero-order valence-electron chi connectivity index (χ0n) is 15.3. The number of benzene rings is 1. The second-order valence-electron chi connectivity index (χ2n) is 6.22. The maximum Gasteiger partial charge on any atom is 0.414 e. The van der Waals surface area contributed by atoms with E-state index in [0.717, 1.165) is 11.3 Å². The molecule has 3 aromatic rings. The van der Waals surface area contributed by atoms with Crippen molar-refractivity contribution < 1.29 is 9.90 Å². The van der Waals surface area contributed by atoms with E-state index < -0.39 is 6.09 Å². The first kappa shape index (κ1) is 17.7. The molecule has 2 heterocycles. The Bertz CT molecular complexity index is 936. The molecule has 0 spiro atoms. The van der Waals surface area contributed by atoms with Gasteiger partial charge in [0.25, 0.3) is 0 Å². The Labute approximate surface area is 151 Å². The SMILES string of the molecule is CCN(c1ccccc1C)c1nccn2c(N(C(=O)O)C(C)C)nnc12. The van der Waals surface area contributed by atoms with Gasteiger partial charge in [0.15, 0.2) is 5.82 Å². The topological polar surface area (TPSA) is 86.9 Å². The van der Waals surface area contributed by atoms with Gasteiger partial charge in [-0.25, -0.2) is 14.7 Å². The van der Waals surface area contributed by atoms with Gasteiger partial charge in [-0.3, -0.25) is 4.40 Å². The molecule has 0 aliphatic carbocycles. The van der Waals surface area contributed by atoms with Crippen molar-refractivity contribution in [3.05, 3.63) is 42.2 Å². The van der Waals surface area contributed by atoms with E-state index in [4.69, 9.17) is 0 Å². The van der Waals surface area contributed by atoms with E-state index in [1.165, 1.54) is 4.90 Å². The van der Waals surface area contributed by atoms with Crippen molar-refractivity contribution in [3.63, 3.8) is 0 Å². The van der Waals surface area contributed by atoms with Crippen LogP contribution in [0.3, 0.4) is 0 Å². The standard InChI is InChI=1S/C18H22N6O2/c1-5-22(14-9-7-6-8-13(14)4)15-16-20-21-17(23(16)11-10-19-15)24(12(2)3)18(25)26/h6-12H,5H2,1-4H3,(H,25,26). The van der Waals surface area contributed by atoms with Crippen LogP contribution in [0.4, 0.5) is 22.2 Å². The fourth-order valence-corrected chi connectivity index (χ4v) is 2.99. The highest BCUT2D eigenvalue weighted by Crippen LogP contribution is 2.30. The van der Waals surface area contributed by atoms with Gasteiger partial charge in [0.2, 0.25) is 11.6 Å². The number of hydrogen-bond acceptors (Lipinski definition) is 5. The van der Waals surface area contributed by atoms with E-state index >= 15 is 0 Å². The lowest BCUT2D eigenvalue weighted by Gasteiger charge is -2.24. The average molecular weight is 354 g/mol. The molecule has 1 aromatic carbocycles. The van der Waals surface area contributed by atoms with Crippen molar-refractivity contribution in [1.29, 1.82) is 0 Å². The predicted octanol–water partition coefficient (Wildman–Crippen LogP) is 3.48. The van der Waals surface area contributed by atoms with E-state index in [-0.39, 0.29) is 12.0 Å². The Hall–Kier alpha value is -3.16. The molecule has 0 atom stereocenters. The first-order chi connectivity index (χ1) is 12.5. The number of fused-ring (bicyclic) bond motifs is 1. The van der Waals surface area contributed by atoms with Gasteiger partial charge in [-0.2, -0.15) is 0 Å². The summed E-state index contributed by atoms with van der Waals surface area (Å²) in [6.45, 7) is 8.35. The molecule has 26 heavy (non-hydrogen) atoms. The molecule has 1 N–H and O–H groups in total. The quantitative estimate of drug-likeness (QED) is 0.755. The van der Waals surface area contributed by atoms with Crippen molar-refractivity contribution in [1.82, 2.24) is 19.6 Å². The molecule has 1 amide bonds. The molecule has 0 fully saturated rings. The minimum absolute atomic E-state index is 0.256. The van der Waals surface area contributed by atoms with Gasteiger partial charge in [0.05, 0.1) is 0 Å². The van der Waals surface area contributed by atoms with E-state index in [1.54, 1.807) is 30.6 Å². The summed E-state index contributed by atoms with van der Waals surface area (Å²) in [6, 6.07) is 7.77. The van der Waals surface area contributed by atoms with Gasteiger partial charge in [0, 0.05) is 30.7 Å². The highest BCUT2D eigenvalue weighted by atomic mass is 16.4. The van der Waals surface area contributed by atoms with Crippen molar-refractivity contribution in [2.24, 2.45) is 0 Å². The normalized spacial score (nSPS) is 11.1. The van der Waals surface area contributed by atoms with Crippen LogP contribution in [-0.2, 0) is 0 Å². The largest absolute Gasteiger partial charge is 0.465 e. The number of amides is 1. The summed E-state index contributed by atoms with van der Waals surface area (Å²) in [6.07, 6.45) is 2.24. The second kappa shape index (κ2) is 6.99. The number of carboxylic acid groups (broad SMARTS) is 1. The summed E-state index contributed by atoms with van der Waals surface area (Å²) in [5.41, 5.74) is 2.66. The van der Waals surface area contributed by atoms with Gasteiger partial charge in [-0.1, -0.05) is 18.2 Å². The number of para-hydroxylation sites is 1. The highest BCUT2D eigenvalue weighted by molar-refractivity contribution is 5.85. The molecular formula is C18H22N6O2. The first-order valence-corrected chi connectivity index (χ1v) is 8.50. The molecule has 136 valence electrons. The number of nitrogens with zero attached hydrogens (tertiary/aromatic N) is 6. The van der Waals surface area contributed by atoms with Crippen LogP contribution in [-0.4, -0.2) is 43.4 Å². The van der Waals surface area contributed by atoms with E-state index in [0.29, 0.717) is 18.0 Å². The van der Waals surface area contributed by atoms with Gasteiger partial charge < -0.3 is 10.0 Å². The molecule has 3 rings (SSSR count). The van der Waals surface area contributed by atoms with E-state index in [2.05, 4.69) is 15.2 Å². The van der Waals surface area contributed by atoms with Crippen molar-refractivity contribution >= 4 is 29.2 Å². The zero-order valence-corrected chi connectivity index (χ0v) is 15.3. The van der Waals surface area contributed by atoms with Gasteiger partial charge in [-0.15, -0.1) is 10.2 Å². The van der Waals surface area contributed by atoms with Crippen LogP contribution in [0.15, 0.2) is 36.7 Å². The minimum Gasteiger partial charge on any atom is -0.465 e. The lowest BCUT2D eigenvalue weighted by atomic mass is 10.2. The molecule has 0 bridgehead atoms. The van der Waals surface area contributed by atoms with Gasteiger partial charge in [0.1, 0.15) is 0 Å². The monoisotopic (exact) mass is 354 g/mol. The third-order valence-electron chi connectivity index (χ3n) is 4.21. The Morgan fingerprint density at radius 3 is 2.62 bits per heavy atom. The highest BCUT2D eigenvalue weighted by Gasteiger charge is 2.25. The Balaban J connectivity index is 2.17. The third kappa shape index (κ3) is 2.94. The van der Waals surface area contributed by atoms with Crippen LogP contribution in [0.25, 0.3) is 5.65 Å². The molecule has 8 nitrogen and oxygen atoms in total. The van der Waals surface area contributed by atoms with E-state index in [1.807, 2.05) is 43.0 Å². The third-order valence-corrected chi connectivity index (χ3v) is 4.21. The van der Waals surface area contributed by atoms with Crippen LogP contribution in [0.5, 0.6) is 0 Å². The molecule has 0 aliphatic heterocycles. The van der Waals surface area contributed by atoms with Crippen LogP contribution < -0.4 is 9.80 Å². The molecular weight excluding hydrogens is 332 g/mol. The van der Waals surface area contributed by atoms with E-state index in [9.17, 15) is 9.90 Å². The maximum atomic E-state index is 11.6. The van der Waals surface area contributed by atoms with Crippen LogP contribution in [0.2, 0.25) is 0 Å². The molecule has 0 radical (unpaired) electrons. The molecule has 0 unspecified atom stereocenters. The van der Waals surface area contributed by atoms with Crippen molar-refractivity contribution in [3.8, 4) is 0 Å². The van der Waals surface area contributed by atoms with Crippen LogP contribution in [0, 0.1) is 6.92 Å². The predicted molar refractivity (Wildman–Crippen MR) is 100 cm³/mol. The summed E-state index contributed by atoms with van der Waals surface area (Å²) in [5, 5.41) is 17.9. The Morgan fingerprint density at radius 1 is 1.27 bits per heavy atom. The number of aromatic nitrogens is 4. The summed E-state index contributed by atoms with van der Waals surface area (Å²) >= 11 is 0. The Kier molecular flexibility index (Phi) is 4.75. The number of aryl methyl sites for hydroxylation is 1. The second-order valence-corrected chi connectivity index (χ2v) is 6.22. The van der Waals surface area contributed by atoms with Crippen molar-refractivity contribution in [2.45, 2.75) is 33.7 Å². The molecule has 2 aromatic heterocycles. The lowest BCUT2D eigenvalue weighted by Crippen LogP contribution is -2.37. The summed E-state index contributed by atoms with van der Waals surface area (Å²) < 4.78 is 1.66. The summed E-state index contributed by atoms with van der Waals surface area (Å²) in [5.74, 6) is 0.893.